The molecule has 1 atom stereocenters. The molecule has 2 heterocycles. The van der Waals surface area contributed by atoms with Crippen molar-refractivity contribution in [2.75, 3.05) is 18.9 Å². The molecular weight excluding hydrogens is 506 g/mol. The normalized spacial score (nSPS) is 12.2. The summed E-state index contributed by atoms with van der Waals surface area (Å²) in [6, 6.07) is 11.7. The number of ether oxygens (including phenoxy) is 1. The number of fused-ring (bicyclic) bond motifs is 1. The van der Waals surface area contributed by atoms with Crippen LogP contribution in [0.2, 0.25) is 0 Å². The smallest absolute Gasteiger partial charge is 0.262 e. The largest absolute Gasteiger partial charge is 0.480 e. The number of rotatable bonds is 8. The highest BCUT2D eigenvalue weighted by Crippen LogP contribution is 2.31. The Morgan fingerprint density at radius 1 is 1.05 bits per heavy atom. The summed E-state index contributed by atoms with van der Waals surface area (Å²) in [5.74, 6) is -0.487. The van der Waals surface area contributed by atoms with Crippen LogP contribution in [0.3, 0.4) is 0 Å². The molecule has 0 radical (unpaired) electrons. The molecule has 0 spiro atoms. The molecule has 198 valence electrons. The molecule has 2 aromatic carbocycles. The van der Waals surface area contributed by atoms with E-state index in [-0.39, 0.29) is 34.5 Å². The number of amides is 1. The van der Waals surface area contributed by atoms with Gasteiger partial charge in [0.2, 0.25) is 11.8 Å². The number of hydrogen-bond acceptors (Lipinski definition) is 7. The minimum absolute atomic E-state index is 0.106. The molecule has 0 saturated heterocycles. The Balaban J connectivity index is 1.73. The zero-order chi connectivity index (χ0) is 27.6. The second-order valence-electron chi connectivity index (χ2n) is 9.08. The van der Waals surface area contributed by atoms with E-state index in [2.05, 4.69) is 20.0 Å². The van der Waals surface area contributed by atoms with Gasteiger partial charge in [-0.3, -0.25) is 18.9 Å². The SMILES string of the molecule is CNC(=O)[C@H](C)Cn1cnc2ccc(-c3cnc(OC)c(NS(=O)(=O)c4ccc(C)c(C)c4)c3)cc2c1=O. The van der Waals surface area contributed by atoms with Crippen LogP contribution < -0.4 is 20.3 Å². The van der Waals surface area contributed by atoms with Crippen LogP contribution in [-0.2, 0) is 21.4 Å². The Hall–Kier alpha value is -4.25. The lowest BCUT2D eigenvalue weighted by molar-refractivity contribution is -0.124. The van der Waals surface area contributed by atoms with Gasteiger partial charge < -0.3 is 10.1 Å². The number of carbonyl (C=O) groups excluding carboxylic acids is 1. The fourth-order valence-corrected chi connectivity index (χ4v) is 5.16. The monoisotopic (exact) mass is 535 g/mol. The second kappa shape index (κ2) is 10.6. The number of sulfonamides is 1. The van der Waals surface area contributed by atoms with E-state index in [4.69, 9.17) is 4.74 Å². The Morgan fingerprint density at radius 3 is 2.50 bits per heavy atom. The molecule has 11 heteroatoms. The summed E-state index contributed by atoms with van der Waals surface area (Å²) < 4.78 is 35.5. The second-order valence-corrected chi connectivity index (χ2v) is 10.8. The van der Waals surface area contributed by atoms with Crippen LogP contribution in [-0.4, -0.2) is 43.0 Å². The van der Waals surface area contributed by atoms with E-state index in [1.807, 2.05) is 13.8 Å². The molecule has 0 unspecified atom stereocenters. The van der Waals surface area contributed by atoms with Crippen LogP contribution in [0.4, 0.5) is 5.69 Å². The highest BCUT2D eigenvalue weighted by atomic mass is 32.2. The third-order valence-electron chi connectivity index (χ3n) is 6.40. The lowest BCUT2D eigenvalue weighted by Gasteiger charge is -2.14. The Kier molecular flexibility index (Phi) is 7.49. The molecular formula is C27H29N5O5S. The number of nitrogens with one attached hydrogen (secondary N) is 2. The van der Waals surface area contributed by atoms with Gasteiger partial charge in [-0.15, -0.1) is 0 Å². The topological polar surface area (TPSA) is 132 Å². The molecule has 0 fully saturated rings. The van der Waals surface area contributed by atoms with Gasteiger partial charge in [0.15, 0.2) is 0 Å². The Morgan fingerprint density at radius 2 is 1.82 bits per heavy atom. The predicted molar refractivity (Wildman–Crippen MR) is 146 cm³/mol. The van der Waals surface area contributed by atoms with Gasteiger partial charge in [0.25, 0.3) is 15.6 Å². The van der Waals surface area contributed by atoms with Crippen LogP contribution in [0.15, 0.2) is 64.7 Å². The maximum atomic E-state index is 13.2. The number of carbonyl (C=O) groups is 1. The van der Waals surface area contributed by atoms with E-state index in [1.54, 1.807) is 56.4 Å². The first kappa shape index (κ1) is 26.8. The van der Waals surface area contributed by atoms with Gasteiger partial charge in [-0.05, 0) is 60.9 Å². The lowest BCUT2D eigenvalue weighted by atomic mass is 10.0. The molecule has 2 aromatic heterocycles. The van der Waals surface area contributed by atoms with E-state index < -0.39 is 15.9 Å². The first-order valence-electron chi connectivity index (χ1n) is 11.9. The van der Waals surface area contributed by atoms with Crippen LogP contribution in [0.1, 0.15) is 18.1 Å². The summed E-state index contributed by atoms with van der Waals surface area (Å²) in [6.07, 6.45) is 2.97. The molecule has 4 aromatic rings. The van der Waals surface area contributed by atoms with Crippen molar-refractivity contribution in [2.24, 2.45) is 5.92 Å². The summed E-state index contributed by atoms with van der Waals surface area (Å²) >= 11 is 0. The number of benzene rings is 2. The van der Waals surface area contributed by atoms with E-state index in [0.717, 1.165) is 11.1 Å². The number of anilines is 1. The number of pyridine rings is 1. The number of aryl methyl sites for hydroxylation is 2. The number of methoxy groups -OCH3 is 1. The average Bonchev–Trinajstić information content (AvgIpc) is 2.90. The minimum Gasteiger partial charge on any atom is -0.480 e. The minimum atomic E-state index is -3.92. The quantitative estimate of drug-likeness (QED) is 0.354. The van der Waals surface area contributed by atoms with E-state index in [9.17, 15) is 18.0 Å². The maximum Gasteiger partial charge on any atom is 0.262 e. The number of nitrogens with zero attached hydrogens (tertiary/aromatic N) is 3. The molecule has 38 heavy (non-hydrogen) atoms. The third-order valence-corrected chi connectivity index (χ3v) is 7.76. The Labute approximate surface area is 220 Å². The van der Waals surface area contributed by atoms with Crippen molar-refractivity contribution in [1.29, 1.82) is 0 Å². The van der Waals surface area contributed by atoms with Gasteiger partial charge in [-0.1, -0.05) is 19.1 Å². The fourth-order valence-electron chi connectivity index (χ4n) is 4.02. The van der Waals surface area contributed by atoms with Crippen molar-refractivity contribution in [3.05, 3.63) is 76.5 Å². The van der Waals surface area contributed by atoms with E-state index in [1.165, 1.54) is 24.2 Å². The van der Waals surface area contributed by atoms with Gasteiger partial charge in [-0.2, -0.15) is 0 Å². The summed E-state index contributed by atoms with van der Waals surface area (Å²) in [4.78, 5) is 33.9. The molecule has 0 saturated carbocycles. The molecule has 4 rings (SSSR count). The van der Waals surface area contributed by atoms with Crippen molar-refractivity contribution in [1.82, 2.24) is 19.9 Å². The van der Waals surface area contributed by atoms with Crippen molar-refractivity contribution in [2.45, 2.75) is 32.2 Å². The van der Waals surface area contributed by atoms with Gasteiger partial charge in [0.05, 0.1) is 35.2 Å². The molecule has 2 N–H and O–H groups in total. The van der Waals surface area contributed by atoms with Gasteiger partial charge in [-0.25, -0.2) is 18.4 Å². The van der Waals surface area contributed by atoms with Crippen molar-refractivity contribution in [3.8, 4) is 17.0 Å². The molecule has 1 amide bonds. The van der Waals surface area contributed by atoms with Crippen LogP contribution in [0, 0.1) is 19.8 Å². The fraction of sp³-hybridized carbons (Fsp3) is 0.259. The van der Waals surface area contributed by atoms with E-state index in [0.29, 0.717) is 22.0 Å². The zero-order valence-electron chi connectivity index (χ0n) is 21.8. The number of hydrogen-bond donors (Lipinski definition) is 2. The highest BCUT2D eigenvalue weighted by molar-refractivity contribution is 7.92. The summed E-state index contributed by atoms with van der Waals surface area (Å²) in [5, 5.41) is 2.94. The van der Waals surface area contributed by atoms with Crippen LogP contribution >= 0.6 is 0 Å². The standard InChI is InChI=1S/C27H29N5O5S/c1-16-6-8-21(10-17(16)2)38(35,36)31-24-12-20(13-29-26(24)37-5)19-7-9-23-22(11-19)27(34)32(15-30-23)14-18(3)25(33)28-4/h6-13,15,18,31H,14H2,1-5H3,(H,28,33)/t18-/m1/s1. The molecule has 0 aliphatic carbocycles. The molecule has 10 nitrogen and oxygen atoms in total. The van der Waals surface area contributed by atoms with Gasteiger partial charge in [0.1, 0.15) is 5.69 Å². The molecule has 0 aliphatic heterocycles. The van der Waals surface area contributed by atoms with Crippen LogP contribution in [0.25, 0.3) is 22.0 Å². The van der Waals surface area contributed by atoms with Gasteiger partial charge in [0, 0.05) is 25.4 Å². The summed E-state index contributed by atoms with van der Waals surface area (Å²) in [5.41, 5.74) is 3.41. The summed E-state index contributed by atoms with van der Waals surface area (Å²) in [7, 11) is -0.968. The highest BCUT2D eigenvalue weighted by Gasteiger charge is 2.19. The first-order chi connectivity index (χ1) is 18.0. The van der Waals surface area contributed by atoms with Gasteiger partial charge >= 0.3 is 0 Å². The first-order valence-corrected chi connectivity index (χ1v) is 13.4. The van der Waals surface area contributed by atoms with Crippen molar-refractivity contribution in [3.63, 3.8) is 0 Å². The zero-order valence-corrected chi connectivity index (χ0v) is 22.6. The van der Waals surface area contributed by atoms with Crippen LogP contribution in [0.5, 0.6) is 5.88 Å². The number of aromatic nitrogens is 3. The average molecular weight is 536 g/mol. The van der Waals surface area contributed by atoms with E-state index >= 15 is 0 Å². The summed E-state index contributed by atoms with van der Waals surface area (Å²) in [6.45, 7) is 5.67. The lowest BCUT2D eigenvalue weighted by Crippen LogP contribution is -2.32. The predicted octanol–water partition coefficient (Wildman–Crippen LogP) is 3.27. The maximum absolute atomic E-state index is 13.2. The van der Waals surface area contributed by atoms with Crippen molar-refractivity contribution >= 4 is 32.5 Å². The van der Waals surface area contributed by atoms with Crippen molar-refractivity contribution < 1.29 is 17.9 Å². The molecule has 0 aliphatic rings. The molecule has 0 bridgehead atoms. The third kappa shape index (κ3) is 5.37. The Bertz CT molecular complexity index is 1700.